The molecular formula is C19H18F6N6O4. The van der Waals surface area contributed by atoms with Gasteiger partial charge in [-0.2, -0.15) is 26.3 Å². The molecule has 190 valence electrons. The molecule has 10 nitrogen and oxygen atoms in total. The van der Waals surface area contributed by atoms with E-state index in [2.05, 4.69) is 20.3 Å². The molecule has 4 rings (SSSR count). The molecule has 6 N–H and O–H groups in total. The number of rotatable bonds is 5. The second-order valence-electron chi connectivity index (χ2n) is 7.78. The van der Waals surface area contributed by atoms with Crippen LogP contribution < -0.4 is 11.1 Å². The second-order valence-corrected chi connectivity index (χ2v) is 7.78. The minimum Gasteiger partial charge on any atom is -0.387 e. The van der Waals surface area contributed by atoms with Gasteiger partial charge in [0.15, 0.2) is 17.7 Å². The van der Waals surface area contributed by atoms with Crippen LogP contribution in [-0.4, -0.2) is 59.7 Å². The Morgan fingerprint density at radius 3 is 2.23 bits per heavy atom. The minimum absolute atomic E-state index is 0.0578. The SMILES string of the molecule is Nc1ncnc2c1ncn2C1OC(CNC(O)c2cc(C(F)(F)F)cc(C(F)(F)F)c2)C(O)C1O. The van der Waals surface area contributed by atoms with E-state index in [1.54, 1.807) is 0 Å². The summed E-state index contributed by atoms with van der Waals surface area (Å²) in [7, 11) is 0. The monoisotopic (exact) mass is 508 g/mol. The zero-order valence-corrected chi connectivity index (χ0v) is 17.4. The predicted octanol–water partition coefficient (Wildman–Crippen LogP) is 1.35. The van der Waals surface area contributed by atoms with Crippen molar-refractivity contribution in [2.24, 2.45) is 0 Å². The Hall–Kier alpha value is -3.05. The number of hydrogen-bond donors (Lipinski definition) is 5. The van der Waals surface area contributed by atoms with Gasteiger partial charge in [-0.3, -0.25) is 9.88 Å². The number of benzene rings is 1. The van der Waals surface area contributed by atoms with Crippen LogP contribution >= 0.6 is 0 Å². The summed E-state index contributed by atoms with van der Waals surface area (Å²) in [4.78, 5) is 11.8. The van der Waals surface area contributed by atoms with Gasteiger partial charge in [0.2, 0.25) is 0 Å². The molecule has 1 fully saturated rings. The third-order valence-electron chi connectivity index (χ3n) is 5.44. The lowest BCUT2D eigenvalue weighted by Crippen LogP contribution is -2.39. The number of fused-ring (bicyclic) bond motifs is 1. The number of halogens is 6. The molecule has 1 saturated heterocycles. The smallest absolute Gasteiger partial charge is 0.387 e. The largest absolute Gasteiger partial charge is 0.416 e. The van der Waals surface area contributed by atoms with Crippen molar-refractivity contribution in [1.29, 1.82) is 0 Å². The van der Waals surface area contributed by atoms with Crippen LogP contribution in [0.3, 0.4) is 0 Å². The fourth-order valence-electron chi connectivity index (χ4n) is 3.67. The first-order valence-electron chi connectivity index (χ1n) is 9.93. The maximum absolute atomic E-state index is 13.1. The summed E-state index contributed by atoms with van der Waals surface area (Å²) < 4.78 is 85.3. The van der Waals surface area contributed by atoms with Gasteiger partial charge < -0.3 is 25.8 Å². The lowest BCUT2D eigenvalue weighted by atomic mass is 10.0. The summed E-state index contributed by atoms with van der Waals surface area (Å²) in [5.41, 5.74) is 2.21. The number of nitrogens with zero attached hydrogens (tertiary/aromatic N) is 4. The predicted molar refractivity (Wildman–Crippen MR) is 105 cm³/mol. The number of aliphatic hydroxyl groups excluding tert-OH is 3. The Bertz CT molecular complexity index is 1190. The third-order valence-corrected chi connectivity index (χ3v) is 5.44. The van der Waals surface area contributed by atoms with Crippen molar-refractivity contribution in [2.45, 2.75) is 43.1 Å². The van der Waals surface area contributed by atoms with E-state index in [-0.39, 0.29) is 23.0 Å². The first-order valence-corrected chi connectivity index (χ1v) is 9.93. The molecule has 0 spiro atoms. The fraction of sp³-hybridized carbons (Fsp3) is 0.421. The first-order chi connectivity index (χ1) is 16.3. The van der Waals surface area contributed by atoms with Crippen LogP contribution in [0, 0.1) is 0 Å². The molecule has 0 bridgehead atoms. The van der Waals surface area contributed by atoms with Gasteiger partial charge >= 0.3 is 12.4 Å². The van der Waals surface area contributed by atoms with Crippen LogP contribution in [0.1, 0.15) is 29.1 Å². The third kappa shape index (κ3) is 4.87. The zero-order valence-electron chi connectivity index (χ0n) is 17.4. The maximum atomic E-state index is 13.1. The Morgan fingerprint density at radius 2 is 1.63 bits per heavy atom. The highest BCUT2D eigenvalue weighted by Crippen LogP contribution is 2.37. The van der Waals surface area contributed by atoms with E-state index < -0.39 is 66.4 Å². The van der Waals surface area contributed by atoms with Crippen molar-refractivity contribution in [1.82, 2.24) is 24.8 Å². The molecule has 0 saturated carbocycles. The average molecular weight is 508 g/mol. The van der Waals surface area contributed by atoms with E-state index in [1.807, 2.05) is 0 Å². The molecule has 1 aromatic carbocycles. The van der Waals surface area contributed by atoms with Crippen molar-refractivity contribution in [3.05, 3.63) is 47.5 Å². The van der Waals surface area contributed by atoms with E-state index in [1.165, 1.54) is 10.9 Å². The van der Waals surface area contributed by atoms with Gasteiger partial charge in [-0.25, -0.2) is 15.0 Å². The van der Waals surface area contributed by atoms with E-state index in [4.69, 9.17) is 10.5 Å². The fourth-order valence-corrected chi connectivity index (χ4v) is 3.67. The Labute approximate surface area is 192 Å². The number of aliphatic hydroxyl groups is 3. The van der Waals surface area contributed by atoms with Crippen molar-refractivity contribution >= 4 is 17.0 Å². The first kappa shape index (κ1) is 25.1. The van der Waals surface area contributed by atoms with Crippen LogP contribution in [0.25, 0.3) is 11.2 Å². The topological polar surface area (TPSA) is 152 Å². The molecule has 16 heteroatoms. The summed E-state index contributed by atoms with van der Waals surface area (Å²) in [6, 6.07) is 0.684. The minimum atomic E-state index is -5.08. The lowest BCUT2D eigenvalue weighted by Gasteiger charge is -2.21. The number of nitrogen functional groups attached to an aromatic ring is 1. The molecule has 3 aromatic rings. The van der Waals surface area contributed by atoms with Gasteiger partial charge in [-0.15, -0.1) is 0 Å². The van der Waals surface area contributed by atoms with Gasteiger partial charge in [0, 0.05) is 6.54 Å². The zero-order chi connectivity index (χ0) is 25.7. The number of aromatic nitrogens is 4. The Morgan fingerprint density at radius 1 is 1.00 bits per heavy atom. The van der Waals surface area contributed by atoms with E-state index >= 15 is 0 Å². The highest BCUT2D eigenvalue weighted by molar-refractivity contribution is 5.81. The molecular weight excluding hydrogens is 490 g/mol. The van der Waals surface area contributed by atoms with Gasteiger partial charge in [-0.05, 0) is 23.8 Å². The Balaban J connectivity index is 1.51. The molecule has 1 aliphatic heterocycles. The molecule has 0 radical (unpaired) electrons. The van der Waals surface area contributed by atoms with Crippen molar-refractivity contribution in [2.75, 3.05) is 12.3 Å². The number of nitrogens with two attached hydrogens (primary N) is 1. The van der Waals surface area contributed by atoms with E-state index in [0.717, 1.165) is 6.33 Å². The van der Waals surface area contributed by atoms with Crippen LogP contribution in [0.15, 0.2) is 30.9 Å². The number of alkyl halides is 6. The van der Waals surface area contributed by atoms with Crippen LogP contribution in [0.4, 0.5) is 32.2 Å². The van der Waals surface area contributed by atoms with Gasteiger partial charge in [0.1, 0.15) is 36.4 Å². The molecule has 1 aliphatic rings. The lowest BCUT2D eigenvalue weighted by molar-refractivity contribution is -0.143. The van der Waals surface area contributed by atoms with Crippen molar-refractivity contribution in [3.8, 4) is 0 Å². The van der Waals surface area contributed by atoms with Gasteiger partial charge in [-0.1, -0.05) is 0 Å². The van der Waals surface area contributed by atoms with E-state index in [0.29, 0.717) is 12.1 Å². The molecule has 5 atom stereocenters. The van der Waals surface area contributed by atoms with Crippen molar-refractivity contribution < 1.29 is 46.4 Å². The normalized spacial score (nSPS) is 24.3. The summed E-state index contributed by atoms with van der Waals surface area (Å²) >= 11 is 0. The van der Waals surface area contributed by atoms with Crippen molar-refractivity contribution in [3.63, 3.8) is 0 Å². The molecule has 35 heavy (non-hydrogen) atoms. The maximum Gasteiger partial charge on any atom is 0.416 e. The van der Waals surface area contributed by atoms with Crippen LogP contribution in [0.2, 0.25) is 0 Å². The second kappa shape index (κ2) is 8.87. The molecule has 0 aliphatic carbocycles. The number of anilines is 1. The summed E-state index contributed by atoms with van der Waals surface area (Å²) in [5.74, 6) is 0.0578. The molecule has 5 unspecified atom stereocenters. The average Bonchev–Trinajstić information content (AvgIpc) is 3.33. The number of imidazole rings is 1. The Kier molecular flexibility index (Phi) is 6.35. The summed E-state index contributed by atoms with van der Waals surface area (Å²) in [5, 5.41) is 33.3. The number of ether oxygens (including phenoxy) is 1. The number of nitrogens with one attached hydrogen (secondary N) is 1. The molecule has 3 heterocycles. The standard InChI is InChI=1S/C19H18F6N6O4/c20-18(21,22)8-1-7(2-9(3-8)19(23,24)25)16(34)27-4-10-12(32)13(33)17(35-10)31-6-30-11-14(26)28-5-29-15(11)31/h1-3,5-6,10,12-13,16-17,27,32-34H,4H2,(H2,26,28,29). The quantitative estimate of drug-likeness (QED) is 0.254. The highest BCUT2D eigenvalue weighted by atomic mass is 19.4. The molecule has 2 aromatic heterocycles. The number of hydrogen-bond acceptors (Lipinski definition) is 9. The van der Waals surface area contributed by atoms with Crippen LogP contribution in [0.5, 0.6) is 0 Å². The van der Waals surface area contributed by atoms with Crippen LogP contribution in [-0.2, 0) is 17.1 Å². The molecule has 0 amide bonds. The van der Waals surface area contributed by atoms with Gasteiger partial charge in [0.25, 0.3) is 0 Å². The van der Waals surface area contributed by atoms with E-state index in [9.17, 15) is 41.7 Å². The summed E-state index contributed by atoms with van der Waals surface area (Å²) in [6.07, 6.45) is -15.2. The van der Waals surface area contributed by atoms with Gasteiger partial charge in [0.05, 0.1) is 17.5 Å². The highest BCUT2D eigenvalue weighted by Gasteiger charge is 2.44. The summed E-state index contributed by atoms with van der Waals surface area (Å²) in [6.45, 7) is -0.447.